The molecule has 120 valence electrons. The number of benzene rings is 2. The molecule has 1 atom stereocenters. The first-order chi connectivity index (χ1) is 10.9. The van der Waals surface area contributed by atoms with Crippen LogP contribution in [-0.2, 0) is 4.79 Å². The Hall–Kier alpha value is -3.03. The maximum atomic E-state index is 13.2. The molecular weight excluding hydrogens is 310 g/mol. The Morgan fingerprint density at radius 3 is 2.65 bits per heavy atom. The van der Waals surface area contributed by atoms with Crippen molar-refractivity contribution in [3.63, 3.8) is 0 Å². The average Bonchev–Trinajstić information content (AvgIpc) is 2.48. The fourth-order valence-electron chi connectivity index (χ4n) is 1.77. The van der Waals surface area contributed by atoms with Gasteiger partial charge in [0.1, 0.15) is 11.6 Å². The van der Waals surface area contributed by atoms with Gasteiger partial charge in [0, 0.05) is 17.8 Å². The Bertz CT molecular complexity index is 752. The molecule has 2 aromatic rings. The van der Waals surface area contributed by atoms with Crippen molar-refractivity contribution >= 4 is 17.3 Å². The molecule has 0 aliphatic rings. The summed E-state index contributed by atoms with van der Waals surface area (Å²) in [6, 6.07) is 8.24. The van der Waals surface area contributed by atoms with E-state index in [-0.39, 0.29) is 11.4 Å². The fraction of sp³-hybridized carbons (Fsp3) is 0.133. The quantitative estimate of drug-likeness (QED) is 0.676. The van der Waals surface area contributed by atoms with Crippen molar-refractivity contribution in [1.29, 1.82) is 0 Å². The van der Waals surface area contributed by atoms with Gasteiger partial charge in [-0.25, -0.2) is 4.39 Å². The van der Waals surface area contributed by atoms with Crippen molar-refractivity contribution in [2.45, 2.75) is 13.0 Å². The number of nitrogens with zero attached hydrogens (tertiary/aromatic N) is 1. The van der Waals surface area contributed by atoms with E-state index in [1.807, 2.05) is 0 Å². The summed E-state index contributed by atoms with van der Waals surface area (Å²) in [7, 11) is 0. The molecule has 0 bridgehead atoms. The zero-order valence-electron chi connectivity index (χ0n) is 12.0. The predicted molar refractivity (Wildman–Crippen MR) is 78.2 cm³/mol. The Balaban J connectivity index is 2.06. The van der Waals surface area contributed by atoms with Crippen molar-refractivity contribution in [2.75, 3.05) is 5.32 Å². The van der Waals surface area contributed by atoms with Gasteiger partial charge < -0.3 is 10.1 Å². The normalized spacial score (nSPS) is 11.6. The smallest absolute Gasteiger partial charge is 0.306 e. The van der Waals surface area contributed by atoms with Crippen LogP contribution in [0.15, 0.2) is 42.5 Å². The second-order valence-electron chi connectivity index (χ2n) is 4.63. The Labute approximate surface area is 129 Å². The van der Waals surface area contributed by atoms with Gasteiger partial charge in [-0.3, -0.25) is 14.9 Å². The van der Waals surface area contributed by atoms with Crippen LogP contribution in [0.1, 0.15) is 6.92 Å². The van der Waals surface area contributed by atoms with Gasteiger partial charge in [-0.1, -0.05) is 6.07 Å². The summed E-state index contributed by atoms with van der Waals surface area (Å²) in [6.45, 7) is 1.43. The Kier molecular flexibility index (Phi) is 4.85. The van der Waals surface area contributed by atoms with E-state index < -0.39 is 34.3 Å². The van der Waals surface area contributed by atoms with Crippen LogP contribution in [0.25, 0.3) is 0 Å². The van der Waals surface area contributed by atoms with Gasteiger partial charge in [0.25, 0.3) is 5.91 Å². The first kappa shape index (κ1) is 16.3. The van der Waals surface area contributed by atoms with Crippen LogP contribution in [0.3, 0.4) is 0 Å². The third kappa shape index (κ3) is 4.22. The number of ether oxygens (including phenoxy) is 1. The number of nitrogens with one attached hydrogen (secondary N) is 1. The summed E-state index contributed by atoms with van der Waals surface area (Å²) in [5, 5.41) is 13.0. The minimum Gasteiger partial charge on any atom is -0.481 e. The van der Waals surface area contributed by atoms with Gasteiger partial charge in [-0.15, -0.1) is 0 Å². The van der Waals surface area contributed by atoms with E-state index in [4.69, 9.17) is 4.74 Å². The fourth-order valence-corrected chi connectivity index (χ4v) is 1.77. The summed E-state index contributed by atoms with van der Waals surface area (Å²) in [5.41, 5.74) is -0.695. The molecule has 1 unspecified atom stereocenters. The van der Waals surface area contributed by atoms with E-state index in [1.54, 1.807) is 0 Å². The second-order valence-corrected chi connectivity index (χ2v) is 4.63. The Morgan fingerprint density at radius 1 is 1.26 bits per heavy atom. The van der Waals surface area contributed by atoms with E-state index in [9.17, 15) is 23.7 Å². The molecule has 2 aromatic carbocycles. The van der Waals surface area contributed by atoms with Gasteiger partial charge in [-0.05, 0) is 31.2 Å². The van der Waals surface area contributed by atoms with Crippen LogP contribution < -0.4 is 10.1 Å². The second kappa shape index (κ2) is 6.82. The summed E-state index contributed by atoms with van der Waals surface area (Å²) in [6.07, 6.45) is -0.985. The molecule has 0 heterocycles. The molecule has 23 heavy (non-hydrogen) atoms. The number of nitro groups is 1. The monoisotopic (exact) mass is 322 g/mol. The summed E-state index contributed by atoms with van der Waals surface area (Å²) in [4.78, 5) is 21.7. The number of hydrogen-bond donors (Lipinski definition) is 1. The highest BCUT2D eigenvalue weighted by Gasteiger charge is 2.18. The maximum absolute atomic E-state index is 13.2. The molecule has 2 rings (SSSR count). The molecule has 0 radical (unpaired) electrons. The third-order valence-corrected chi connectivity index (χ3v) is 2.89. The molecule has 0 spiro atoms. The van der Waals surface area contributed by atoms with E-state index in [2.05, 4.69) is 5.32 Å². The van der Waals surface area contributed by atoms with Crippen molar-refractivity contribution in [3.8, 4) is 5.75 Å². The van der Waals surface area contributed by atoms with Gasteiger partial charge in [0.15, 0.2) is 6.10 Å². The van der Waals surface area contributed by atoms with Crippen molar-refractivity contribution in [1.82, 2.24) is 0 Å². The van der Waals surface area contributed by atoms with Crippen LogP contribution in [-0.4, -0.2) is 16.9 Å². The highest BCUT2D eigenvalue weighted by atomic mass is 19.1. The van der Waals surface area contributed by atoms with Gasteiger partial charge >= 0.3 is 5.69 Å². The molecular formula is C15H12F2N2O4. The molecule has 0 aliphatic heterocycles. The lowest BCUT2D eigenvalue weighted by molar-refractivity contribution is -0.387. The summed E-state index contributed by atoms with van der Waals surface area (Å²) in [5.74, 6) is -1.96. The Morgan fingerprint density at radius 2 is 2.00 bits per heavy atom. The van der Waals surface area contributed by atoms with Crippen molar-refractivity contribution in [2.24, 2.45) is 0 Å². The maximum Gasteiger partial charge on any atom is 0.306 e. The SMILES string of the molecule is CC(Oc1cccc(F)c1)C(=O)Nc1ccc(F)c([N+](=O)[O-])c1. The number of anilines is 1. The highest BCUT2D eigenvalue weighted by Crippen LogP contribution is 2.22. The third-order valence-electron chi connectivity index (χ3n) is 2.89. The van der Waals surface area contributed by atoms with E-state index in [1.165, 1.54) is 31.2 Å². The lowest BCUT2D eigenvalue weighted by Crippen LogP contribution is -2.30. The number of rotatable bonds is 5. The zero-order chi connectivity index (χ0) is 17.0. The van der Waals surface area contributed by atoms with Crippen molar-refractivity contribution in [3.05, 3.63) is 64.2 Å². The summed E-state index contributed by atoms with van der Waals surface area (Å²) >= 11 is 0. The molecule has 8 heteroatoms. The largest absolute Gasteiger partial charge is 0.481 e. The van der Waals surface area contributed by atoms with Crippen molar-refractivity contribution < 1.29 is 23.2 Å². The number of hydrogen-bond acceptors (Lipinski definition) is 4. The zero-order valence-corrected chi connectivity index (χ0v) is 12.0. The summed E-state index contributed by atoms with van der Waals surface area (Å²) < 4.78 is 31.5. The van der Waals surface area contributed by atoms with Crippen LogP contribution >= 0.6 is 0 Å². The number of carbonyl (C=O) groups is 1. The molecule has 0 aliphatic carbocycles. The number of carbonyl (C=O) groups excluding carboxylic acids is 1. The minimum atomic E-state index is -1.00. The lowest BCUT2D eigenvalue weighted by atomic mass is 10.2. The van der Waals surface area contributed by atoms with Gasteiger partial charge in [-0.2, -0.15) is 4.39 Å². The molecule has 0 aromatic heterocycles. The first-order valence-corrected chi connectivity index (χ1v) is 6.54. The van der Waals surface area contributed by atoms with Gasteiger partial charge in [0.2, 0.25) is 5.82 Å². The molecule has 6 nitrogen and oxygen atoms in total. The highest BCUT2D eigenvalue weighted by molar-refractivity contribution is 5.94. The molecule has 0 saturated heterocycles. The average molecular weight is 322 g/mol. The van der Waals surface area contributed by atoms with E-state index in [0.717, 1.165) is 18.2 Å². The van der Waals surface area contributed by atoms with E-state index >= 15 is 0 Å². The first-order valence-electron chi connectivity index (χ1n) is 6.54. The molecule has 1 N–H and O–H groups in total. The van der Waals surface area contributed by atoms with Crippen LogP contribution in [0.5, 0.6) is 5.75 Å². The minimum absolute atomic E-state index is 0.0535. The molecule has 1 amide bonds. The number of nitro benzene ring substituents is 1. The van der Waals surface area contributed by atoms with Gasteiger partial charge in [0.05, 0.1) is 4.92 Å². The van der Waals surface area contributed by atoms with Crippen LogP contribution in [0.2, 0.25) is 0 Å². The topological polar surface area (TPSA) is 81.5 Å². The van der Waals surface area contributed by atoms with Crippen LogP contribution in [0.4, 0.5) is 20.2 Å². The van der Waals surface area contributed by atoms with E-state index in [0.29, 0.717) is 0 Å². The standard InChI is InChI=1S/C15H12F2N2O4/c1-9(23-12-4-2-3-10(16)7-12)15(20)18-11-5-6-13(17)14(8-11)19(21)22/h2-9H,1H3,(H,18,20). The van der Waals surface area contributed by atoms with Crippen LogP contribution in [0, 0.1) is 21.7 Å². The molecule has 0 saturated carbocycles. The number of amides is 1. The predicted octanol–water partition coefficient (Wildman–Crippen LogP) is 3.28. The number of halogens is 2. The lowest BCUT2D eigenvalue weighted by Gasteiger charge is -2.14. The molecule has 0 fully saturated rings.